The van der Waals surface area contributed by atoms with Crippen molar-refractivity contribution in [1.29, 1.82) is 0 Å². The summed E-state index contributed by atoms with van der Waals surface area (Å²) in [6.45, 7) is 4.24. The molecule has 0 radical (unpaired) electrons. The van der Waals surface area contributed by atoms with Crippen LogP contribution in [0.25, 0.3) is 10.9 Å². The highest BCUT2D eigenvalue weighted by Crippen LogP contribution is 2.22. The number of H-pyrrole nitrogens is 1. The highest BCUT2D eigenvalue weighted by atomic mass is 14.9. The molecule has 2 heterocycles. The second-order valence-corrected chi connectivity index (χ2v) is 4.09. The Kier molecular flexibility index (Phi) is 1.64. The van der Waals surface area contributed by atoms with Crippen LogP contribution in [0.4, 0.5) is 0 Å². The summed E-state index contributed by atoms with van der Waals surface area (Å²) in [6, 6.07) is 6.83. The van der Waals surface area contributed by atoms with E-state index in [1.807, 2.05) is 0 Å². The van der Waals surface area contributed by atoms with Crippen molar-refractivity contribution in [2.75, 3.05) is 6.54 Å². The van der Waals surface area contributed by atoms with Gasteiger partial charge in [-0.15, -0.1) is 0 Å². The molecule has 2 heteroatoms. The standard InChI is InChI=1S/C12H14N2/c1-8-4-10-5-9-2-3-13-7-11(9)6-12(10)14-8/h4-6,13-14H,2-3,7H2,1H3. The Balaban J connectivity index is 2.26. The number of hydrogen-bond acceptors (Lipinski definition) is 1. The van der Waals surface area contributed by atoms with Crippen LogP contribution in [0.5, 0.6) is 0 Å². The van der Waals surface area contributed by atoms with Crippen molar-refractivity contribution in [3.8, 4) is 0 Å². The van der Waals surface area contributed by atoms with Gasteiger partial charge in [-0.3, -0.25) is 0 Å². The lowest BCUT2D eigenvalue weighted by Crippen LogP contribution is -2.23. The molecule has 1 aromatic heterocycles. The summed E-state index contributed by atoms with van der Waals surface area (Å²) in [7, 11) is 0. The number of aryl methyl sites for hydroxylation is 1. The summed E-state index contributed by atoms with van der Waals surface area (Å²) in [5.41, 5.74) is 5.47. The fourth-order valence-electron chi connectivity index (χ4n) is 2.26. The largest absolute Gasteiger partial charge is 0.359 e. The molecule has 0 saturated carbocycles. The topological polar surface area (TPSA) is 27.8 Å². The Bertz CT molecular complexity index is 439. The van der Waals surface area contributed by atoms with Gasteiger partial charge in [0.1, 0.15) is 0 Å². The lowest BCUT2D eigenvalue weighted by atomic mass is 9.99. The molecule has 0 aliphatic carbocycles. The zero-order valence-electron chi connectivity index (χ0n) is 8.35. The second-order valence-electron chi connectivity index (χ2n) is 4.09. The van der Waals surface area contributed by atoms with Crippen molar-refractivity contribution in [2.24, 2.45) is 0 Å². The zero-order chi connectivity index (χ0) is 9.54. The van der Waals surface area contributed by atoms with Crippen molar-refractivity contribution < 1.29 is 0 Å². The second kappa shape index (κ2) is 2.85. The molecular formula is C12H14N2. The summed E-state index contributed by atoms with van der Waals surface area (Å²) in [5, 5.41) is 4.75. The summed E-state index contributed by atoms with van der Waals surface area (Å²) in [4.78, 5) is 3.38. The van der Waals surface area contributed by atoms with E-state index in [1.54, 1.807) is 0 Å². The monoisotopic (exact) mass is 186 g/mol. The molecule has 2 N–H and O–H groups in total. The molecule has 1 aliphatic rings. The Morgan fingerprint density at radius 1 is 1.14 bits per heavy atom. The van der Waals surface area contributed by atoms with Crippen LogP contribution in [0.2, 0.25) is 0 Å². The van der Waals surface area contributed by atoms with E-state index in [1.165, 1.54) is 27.7 Å². The molecular weight excluding hydrogens is 172 g/mol. The van der Waals surface area contributed by atoms with Gasteiger partial charge in [-0.25, -0.2) is 0 Å². The van der Waals surface area contributed by atoms with Crippen LogP contribution in [0, 0.1) is 6.92 Å². The molecule has 2 aromatic rings. The van der Waals surface area contributed by atoms with Crippen molar-refractivity contribution in [2.45, 2.75) is 19.9 Å². The highest BCUT2D eigenvalue weighted by molar-refractivity contribution is 5.82. The molecule has 0 amide bonds. The number of rotatable bonds is 0. The van der Waals surface area contributed by atoms with Gasteiger partial charge < -0.3 is 10.3 Å². The first-order valence-corrected chi connectivity index (χ1v) is 5.15. The summed E-state index contributed by atoms with van der Waals surface area (Å²) < 4.78 is 0. The minimum atomic E-state index is 1.02. The van der Waals surface area contributed by atoms with Crippen molar-refractivity contribution in [3.05, 3.63) is 35.0 Å². The number of aromatic amines is 1. The highest BCUT2D eigenvalue weighted by Gasteiger charge is 2.10. The number of benzene rings is 1. The van der Waals surface area contributed by atoms with Crippen LogP contribution in [-0.4, -0.2) is 11.5 Å². The van der Waals surface area contributed by atoms with Crippen LogP contribution in [-0.2, 0) is 13.0 Å². The quantitative estimate of drug-likeness (QED) is 0.648. The molecule has 3 rings (SSSR count). The lowest BCUT2D eigenvalue weighted by molar-refractivity contribution is 0.645. The summed E-state index contributed by atoms with van der Waals surface area (Å²) in [6.07, 6.45) is 1.16. The van der Waals surface area contributed by atoms with Gasteiger partial charge in [-0.2, -0.15) is 0 Å². The fraction of sp³-hybridized carbons (Fsp3) is 0.333. The van der Waals surface area contributed by atoms with Gasteiger partial charge in [0.05, 0.1) is 0 Å². The van der Waals surface area contributed by atoms with E-state index in [2.05, 4.69) is 35.4 Å². The Morgan fingerprint density at radius 2 is 2.07 bits per heavy atom. The summed E-state index contributed by atoms with van der Waals surface area (Å²) >= 11 is 0. The SMILES string of the molecule is Cc1cc2cc3c(cc2[nH]1)CNCC3. The summed E-state index contributed by atoms with van der Waals surface area (Å²) in [5.74, 6) is 0. The van der Waals surface area contributed by atoms with E-state index in [0.717, 1.165) is 19.5 Å². The van der Waals surface area contributed by atoms with Gasteiger partial charge in [0.25, 0.3) is 0 Å². The number of hydrogen-bond donors (Lipinski definition) is 2. The first-order valence-electron chi connectivity index (χ1n) is 5.15. The van der Waals surface area contributed by atoms with Crippen LogP contribution in [0.1, 0.15) is 16.8 Å². The van der Waals surface area contributed by atoms with E-state index in [4.69, 9.17) is 0 Å². The van der Waals surface area contributed by atoms with E-state index >= 15 is 0 Å². The van der Waals surface area contributed by atoms with Gasteiger partial charge in [0.15, 0.2) is 0 Å². The molecule has 0 bridgehead atoms. The van der Waals surface area contributed by atoms with Crippen LogP contribution in [0.15, 0.2) is 18.2 Å². The van der Waals surface area contributed by atoms with Crippen LogP contribution in [0.3, 0.4) is 0 Å². The lowest BCUT2D eigenvalue weighted by Gasteiger charge is -2.16. The molecule has 14 heavy (non-hydrogen) atoms. The van der Waals surface area contributed by atoms with Crippen LogP contribution < -0.4 is 5.32 Å². The minimum Gasteiger partial charge on any atom is -0.359 e. The molecule has 1 aliphatic heterocycles. The van der Waals surface area contributed by atoms with Crippen LogP contribution >= 0.6 is 0 Å². The van der Waals surface area contributed by atoms with Gasteiger partial charge in [-0.05, 0) is 54.6 Å². The van der Waals surface area contributed by atoms with Gasteiger partial charge >= 0.3 is 0 Å². The third-order valence-electron chi connectivity index (χ3n) is 2.96. The van der Waals surface area contributed by atoms with Gasteiger partial charge in [0.2, 0.25) is 0 Å². The van der Waals surface area contributed by atoms with Gasteiger partial charge in [0, 0.05) is 17.8 Å². The van der Waals surface area contributed by atoms with E-state index in [-0.39, 0.29) is 0 Å². The van der Waals surface area contributed by atoms with Crippen molar-refractivity contribution >= 4 is 10.9 Å². The van der Waals surface area contributed by atoms with E-state index in [9.17, 15) is 0 Å². The number of fused-ring (bicyclic) bond motifs is 2. The predicted octanol–water partition coefficient (Wildman–Crippen LogP) is 2.12. The maximum atomic E-state index is 3.40. The predicted molar refractivity (Wildman–Crippen MR) is 58.4 cm³/mol. The van der Waals surface area contributed by atoms with Crippen molar-refractivity contribution in [1.82, 2.24) is 10.3 Å². The first kappa shape index (κ1) is 8.06. The Labute approximate surface area is 83.3 Å². The molecule has 0 unspecified atom stereocenters. The van der Waals surface area contributed by atoms with E-state index in [0.29, 0.717) is 0 Å². The van der Waals surface area contributed by atoms with E-state index < -0.39 is 0 Å². The number of nitrogens with one attached hydrogen (secondary N) is 2. The molecule has 0 atom stereocenters. The first-order chi connectivity index (χ1) is 6.83. The fourth-order valence-corrected chi connectivity index (χ4v) is 2.26. The Morgan fingerprint density at radius 3 is 3.00 bits per heavy atom. The smallest absolute Gasteiger partial charge is 0.0459 e. The third-order valence-corrected chi connectivity index (χ3v) is 2.96. The molecule has 72 valence electrons. The normalized spacial score (nSPS) is 15.8. The maximum absolute atomic E-state index is 3.40. The average molecular weight is 186 g/mol. The van der Waals surface area contributed by atoms with Crippen molar-refractivity contribution in [3.63, 3.8) is 0 Å². The molecule has 0 spiro atoms. The molecule has 0 fully saturated rings. The number of aromatic nitrogens is 1. The molecule has 1 aromatic carbocycles. The maximum Gasteiger partial charge on any atom is 0.0459 e. The third kappa shape index (κ3) is 1.15. The van der Waals surface area contributed by atoms with Gasteiger partial charge in [-0.1, -0.05) is 0 Å². The molecule has 0 saturated heterocycles. The zero-order valence-corrected chi connectivity index (χ0v) is 8.35. The molecule has 2 nitrogen and oxygen atoms in total. The average Bonchev–Trinajstić information content (AvgIpc) is 2.53. The minimum absolute atomic E-state index is 1.02. The Hall–Kier alpha value is -1.28.